The fourth-order valence-electron chi connectivity index (χ4n) is 4.01. The summed E-state index contributed by atoms with van der Waals surface area (Å²) in [5.74, 6) is 0.0384. The van der Waals surface area contributed by atoms with Crippen LogP contribution in [-0.4, -0.2) is 4.57 Å². The second-order valence-electron chi connectivity index (χ2n) is 7.25. The van der Waals surface area contributed by atoms with Gasteiger partial charge in [0.25, 0.3) is 0 Å². The Morgan fingerprint density at radius 3 is 2.40 bits per heavy atom. The molecule has 1 fully saturated rings. The van der Waals surface area contributed by atoms with Crippen LogP contribution in [0, 0.1) is 17.1 Å². The van der Waals surface area contributed by atoms with Crippen LogP contribution >= 0.6 is 0 Å². The van der Waals surface area contributed by atoms with E-state index in [0.717, 1.165) is 16.7 Å². The molecule has 0 bridgehead atoms. The van der Waals surface area contributed by atoms with Gasteiger partial charge < -0.3 is 4.57 Å². The van der Waals surface area contributed by atoms with Gasteiger partial charge in [-0.25, -0.2) is 4.39 Å². The molecule has 130 valence electrons. The Bertz CT molecular complexity index is 800. The Kier molecular flexibility index (Phi) is 5.08. The maximum atomic E-state index is 13.4. The Morgan fingerprint density at radius 1 is 1.20 bits per heavy atom. The first-order valence-electron chi connectivity index (χ1n) is 9.13. The number of nitrogens with zero attached hydrogens (tertiary/aromatic N) is 2. The maximum absolute atomic E-state index is 13.4. The van der Waals surface area contributed by atoms with E-state index in [4.69, 9.17) is 0 Å². The molecule has 1 aliphatic carbocycles. The van der Waals surface area contributed by atoms with Crippen LogP contribution in [-0.2, 0) is 0 Å². The van der Waals surface area contributed by atoms with Crippen molar-refractivity contribution in [3.05, 3.63) is 54.1 Å². The van der Waals surface area contributed by atoms with E-state index in [0.29, 0.717) is 11.6 Å². The highest BCUT2D eigenvalue weighted by Crippen LogP contribution is 2.40. The number of halogens is 1. The Hall–Kier alpha value is -2.34. The average molecular weight is 336 g/mol. The molecule has 0 atom stereocenters. The van der Waals surface area contributed by atoms with Gasteiger partial charge in [0.05, 0.1) is 11.6 Å². The van der Waals surface area contributed by atoms with E-state index in [1.165, 1.54) is 49.9 Å². The minimum absolute atomic E-state index is 0.250. The van der Waals surface area contributed by atoms with Gasteiger partial charge in [-0.1, -0.05) is 51.8 Å². The third-order valence-corrected chi connectivity index (χ3v) is 5.18. The van der Waals surface area contributed by atoms with E-state index >= 15 is 0 Å². The molecule has 1 aromatic carbocycles. The summed E-state index contributed by atoms with van der Waals surface area (Å²) >= 11 is 0. The van der Waals surface area contributed by atoms with Gasteiger partial charge in [-0.2, -0.15) is 5.26 Å². The van der Waals surface area contributed by atoms with Crippen LogP contribution in [0.15, 0.2) is 37.0 Å². The molecule has 2 aromatic rings. The molecule has 0 radical (unpaired) electrons. The predicted molar refractivity (Wildman–Crippen MR) is 101 cm³/mol. The molecule has 2 nitrogen and oxygen atoms in total. The van der Waals surface area contributed by atoms with E-state index in [-0.39, 0.29) is 11.7 Å². The van der Waals surface area contributed by atoms with Crippen molar-refractivity contribution >= 4 is 5.57 Å². The molecule has 3 rings (SSSR count). The minimum Gasteiger partial charge on any atom is -0.347 e. The van der Waals surface area contributed by atoms with Crippen LogP contribution in [0.5, 0.6) is 0 Å². The fourth-order valence-corrected chi connectivity index (χ4v) is 4.01. The second kappa shape index (κ2) is 7.27. The summed E-state index contributed by atoms with van der Waals surface area (Å²) in [5, 5.41) is 9.51. The Morgan fingerprint density at radius 2 is 1.84 bits per heavy atom. The van der Waals surface area contributed by atoms with Gasteiger partial charge in [0.1, 0.15) is 5.82 Å². The van der Waals surface area contributed by atoms with E-state index in [1.54, 1.807) is 12.1 Å². The molecule has 0 spiro atoms. The number of benzene rings is 1. The molecule has 0 unspecified atom stereocenters. The SMILES string of the molecule is C=C(C#N)c1c(-c2ccc(F)cc2)cn(C2CCCCC2)c1C(C)C. The molecule has 1 aromatic heterocycles. The highest BCUT2D eigenvalue weighted by molar-refractivity contribution is 5.88. The smallest absolute Gasteiger partial charge is 0.123 e. The molecular weight excluding hydrogens is 311 g/mol. The standard InChI is InChI=1S/C22H25FN2/c1-15(2)22-21(16(3)13-24)20(17-9-11-18(23)12-10-17)14-25(22)19-7-5-4-6-8-19/h9-12,14-15,19H,3-8H2,1-2H3. The van der Waals surface area contributed by atoms with Crippen molar-refractivity contribution in [2.24, 2.45) is 0 Å². The lowest BCUT2D eigenvalue weighted by Crippen LogP contribution is -2.15. The third kappa shape index (κ3) is 3.39. The zero-order valence-electron chi connectivity index (χ0n) is 15.1. The molecule has 0 N–H and O–H groups in total. The number of rotatable bonds is 4. The van der Waals surface area contributed by atoms with Crippen LogP contribution in [0.2, 0.25) is 0 Å². The highest BCUT2D eigenvalue weighted by atomic mass is 19.1. The molecule has 1 aliphatic rings. The van der Waals surface area contributed by atoms with Crippen molar-refractivity contribution in [2.75, 3.05) is 0 Å². The lowest BCUT2D eigenvalue weighted by Gasteiger charge is -2.27. The molecule has 0 saturated heterocycles. The summed E-state index contributed by atoms with van der Waals surface area (Å²) in [6, 6.07) is 9.23. The van der Waals surface area contributed by atoms with Crippen LogP contribution in [0.25, 0.3) is 16.7 Å². The van der Waals surface area contributed by atoms with Gasteiger partial charge in [0, 0.05) is 29.1 Å². The van der Waals surface area contributed by atoms with Crippen LogP contribution in [0.4, 0.5) is 4.39 Å². The van der Waals surface area contributed by atoms with Gasteiger partial charge in [-0.05, 0) is 36.5 Å². The molecule has 25 heavy (non-hydrogen) atoms. The lowest BCUT2D eigenvalue weighted by atomic mass is 9.92. The minimum atomic E-state index is -0.250. The third-order valence-electron chi connectivity index (χ3n) is 5.18. The monoisotopic (exact) mass is 336 g/mol. The number of aromatic nitrogens is 1. The number of hydrogen-bond donors (Lipinski definition) is 0. The van der Waals surface area contributed by atoms with Crippen molar-refractivity contribution in [1.82, 2.24) is 4.57 Å². The summed E-state index contributed by atoms with van der Waals surface area (Å²) in [7, 11) is 0. The quantitative estimate of drug-likeness (QED) is 0.589. The normalized spacial score (nSPS) is 15.3. The summed E-state index contributed by atoms with van der Waals surface area (Å²) in [4.78, 5) is 0. The van der Waals surface area contributed by atoms with Crippen LogP contribution in [0.3, 0.4) is 0 Å². The molecule has 1 saturated carbocycles. The Labute approximate surface area is 149 Å². The van der Waals surface area contributed by atoms with Crippen molar-refractivity contribution in [3.8, 4) is 17.2 Å². The number of hydrogen-bond acceptors (Lipinski definition) is 1. The van der Waals surface area contributed by atoms with Gasteiger partial charge in [-0.3, -0.25) is 0 Å². The molecular formula is C22H25FN2. The molecule has 3 heteroatoms. The van der Waals surface area contributed by atoms with Gasteiger partial charge in [-0.15, -0.1) is 0 Å². The number of allylic oxidation sites excluding steroid dienone is 1. The van der Waals surface area contributed by atoms with E-state index < -0.39 is 0 Å². The summed E-state index contributed by atoms with van der Waals surface area (Å²) in [6.07, 6.45) is 8.32. The zero-order chi connectivity index (χ0) is 18.0. The first-order chi connectivity index (χ1) is 12.0. The van der Waals surface area contributed by atoms with E-state index in [1.807, 2.05) is 0 Å². The maximum Gasteiger partial charge on any atom is 0.123 e. The Balaban J connectivity index is 2.21. The second-order valence-corrected chi connectivity index (χ2v) is 7.25. The topological polar surface area (TPSA) is 28.7 Å². The van der Waals surface area contributed by atoms with Crippen LogP contribution in [0.1, 0.15) is 69.2 Å². The lowest BCUT2D eigenvalue weighted by molar-refractivity contribution is 0.345. The van der Waals surface area contributed by atoms with Gasteiger partial charge in [0.2, 0.25) is 0 Å². The summed E-state index contributed by atoms with van der Waals surface area (Å²) < 4.78 is 15.7. The summed E-state index contributed by atoms with van der Waals surface area (Å²) in [6.45, 7) is 8.33. The average Bonchev–Trinajstić information content (AvgIpc) is 3.03. The van der Waals surface area contributed by atoms with Crippen molar-refractivity contribution < 1.29 is 4.39 Å². The molecule has 1 heterocycles. The molecule has 0 aliphatic heterocycles. The summed E-state index contributed by atoms with van der Waals surface area (Å²) in [5.41, 5.74) is 4.51. The van der Waals surface area contributed by atoms with Gasteiger partial charge in [0.15, 0.2) is 0 Å². The predicted octanol–water partition coefficient (Wildman–Crippen LogP) is 6.46. The number of nitriles is 1. The van der Waals surface area contributed by atoms with Gasteiger partial charge >= 0.3 is 0 Å². The van der Waals surface area contributed by atoms with Crippen molar-refractivity contribution in [1.29, 1.82) is 5.26 Å². The van der Waals surface area contributed by atoms with Crippen molar-refractivity contribution in [2.45, 2.75) is 57.9 Å². The largest absolute Gasteiger partial charge is 0.347 e. The van der Waals surface area contributed by atoms with E-state index in [2.05, 4.69) is 37.3 Å². The molecule has 0 amide bonds. The first kappa shape index (κ1) is 17.5. The van der Waals surface area contributed by atoms with E-state index in [9.17, 15) is 9.65 Å². The zero-order valence-corrected chi connectivity index (χ0v) is 15.1. The highest BCUT2D eigenvalue weighted by Gasteiger charge is 2.26. The fraction of sp³-hybridized carbons (Fsp3) is 0.409. The van der Waals surface area contributed by atoms with Crippen LogP contribution < -0.4 is 0 Å². The van der Waals surface area contributed by atoms with Crippen molar-refractivity contribution in [3.63, 3.8) is 0 Å². The first-order valence-corrected chi connectivity index (χ1v) is 9.13.